The van der Waals surface area contributed by atoms with Crippen molar-refractivity contribution in [3.63, 3.8) is 0 Å². The number of anilines is 2. The Balaban J connectivity index is 1.55. The van der Waals surface area contributed by atoms with Gasteiger partial charge in [-0.1, -0.05) is 55.8 Å². The largest absolute Gasteiger partial charge is 0.326 e. The summed E-state index contributed by atoms with van der Waals surface area (Å²) in [6.07, 6.45) is 1.61. The van der Waals surface area contributed by atoms with Crippen LogP contribution >= 0.6 is 11.6 Å². The van der Waals surface area contributed by atoms with Crippen molar-refractivity contribution >= 4 is 44.8 Å². The Morgan fingerprint density at radius 3 is 2.55 bits per heavy atom. The van der Waals surface area contributed by atoms with Crippen LogP contribution in [0.25, 0.3) is 11.1 Å². The van der Waals surface area contributed by atoms with Gasteiger partial charge in [0, 0.05) is 23.5 Å². The van der Waals surface area contributed by atoms with E-state index in [9.17, 15) is 22.4 Å². The summed E-state index contributed by atoms with van der Waals surface area (Å²) in [5, 5.41) is 5.26. The SMILES string of the molecule is CC(C)c1cc(-c2ccccc2CS(C)(=O)=O)ccc1N1CC[C@@H](NC(=O)Nc2ccc(Cl)cc2F)C1=O. The molecule has 1 aliphatic heterocycles. The smallest absolute Gasteiger partial charge is 0.319 e. The maximum absolute atomic E-state index is 14.0. The Morgan fingerprint density at radius 1 is 1.13 bits per heavy atom. The van der Waals surface area contributed by atoms with Crippen molar-refractivity contribution in [2.45, 2.75) is 38.0 Å². The molecular formula is C28H29ClFN3O4S. The summed E-state index contributed by atoms with van der Waals surface area (Å²) in [6, 6.07) is 15.6. The lowest BCUT2D eigenvalue weighted by Crippen LogP contribution is -2.43. The van der Waals surface area contributed by atoms with Crippen molar-refractivity contribution in [3.05, 3.63) is 82.6 Å². The van der Waals surface area contributed by atoms with Crippen molar-refractivity contribution in [1.82, 2.24) is 5.32 Å². The molecule has 200 valence electrons. The molecule has 4 rings (SSSR count). The van der Waals surface area contributed by atoms with Crippen molar-refractivity contribution in [2.24, 2.45) is 0 Å². The van der Waals surface area contributed by atoms with Gasteiger partial charge in [-0.3, -0.25) is 4.79 Å². The van der Waals surface area contributed by atoms with Crippen molar-refractivity contribution < 1.29 is 22.4 Å². The monoisotopic (exact) mass is 557 g/mol. The van der Waals surface area contributed by atoms with Gasteiger partial charge in [-0.05, 0) is 64.9 Å². The molecule has 0 bridgehead atoms. The molecule has 1 fully saturated rings. The number of urea groups is 1. The topological polar surface area (TPSA) is 95.6 Å². The molecular weight excluding hydrogens is 529 g/mol. The molecule has 1 heterocycles. The summed E-state index contributed by atoms with van der Waals surface area (Å²) in [4.78, 5) is 27.4. The molecule has 3 aromatic rings. The normalized spacial score (nSPS) is 15.7. The Morgan fingerprint density at radius 2 is 1.87 bits per heavy atom. The fraction of sp³-hybridized carbons (Fsp3) is 0.286. The highest BCUT2D eigenvalue weighted by Gasteiger charge is 2.35. The molecule has 0 unspecified atom stereocenters. The van der Waals surface area contributed by atoms with Gasteiger partial charge in [0.05, 0.1) is 11.4 Å². The highest BCUT2D eigenvalue weighted by molar-refractivity contribution is 7.89. The van der Waals surface area contributed by atoms with Crippen LogP contribution in [0.4, 0.5) is 20.6 Å². The van der Waals surface area contributed by atoms with Gasteiger partial charge >= 0.3 is 6.03 Å². The standard InChI is InChI=1S/C28H29ClFN3O4S/c1-17(2)22-14-18(21-7-5-4-6-19(21)16-38(3,36)37)8-11-26(22)33-13-12-25(27(33)34)32-28(35)31-24-10-9-20(29)15-23(24)30/h4-11,14-15,17,25H,12-13,16H2,1-3H3,(H2,31,32,35)/t25-/m1/s1. The van der Waals surface area contributed by atoms with E-state index >= 15 is 0 Å². The van der Waals surface area contributed by atoms with Gasteiger partial charge in [-0.15, -0.1) is 0 Å². The molecule has 3 amide bonds. The molecule has 3 aromatic carbocycles. The van der Waals surface area contributed by atoms with Crippen LogP contribution < -0.4 is 15.5 Å². The first kappa shape index (κ1) is 27.6. The molecule has 38 heavy (non-hydrogen) atoms. The van der Waals surface area contributed by atoms with Crippen LogP contribution in [0.2, 0.25) is 5.02 Å². The van der Waals surface area contributed by atoms with Gasteiger partial charge in [0.15, 0.2) is 9.84 Å². The number of hydrogen-bond donors (Lipinski definition) is 2. The molecule has 1 atom stereocenters. The average molecular weight is 558 g/mol. The molecule has 0 aliphatic carbocycles. The van der Waals surface area contributed by atoms with Crippen molar-refractivity contribution in [1.29, 1.82) is 0 Å². The Kier molecular flexibility index (Phi) is 8.08. The molecule has 0 spiro atoms. The van der Waals surface area contributed by atoms with Gasteiger partial charge in [-0.2, -0.15) is 0 Å². The van der Waals surface area contributed by atoms with Crippen LogP contribution in [0.3, 0.4) is 0 Å². The number of amides is 3. The predicted molar refractivity (Wildman–Crippen MR) is 149 cm³/mol. The molecule has 10 heteroatoms. The summed E-state index contributed by atoms with van der Waals surface area (Å²) in [6.45, 7) is 4.45. The van der Waals surface area contributed by atoms with Crippen LogP contribution in [-0.2, 0) is 20.4 Å². The van der Waals surface area contributed by atoms with Crippen LogP contribution in [0.1, 0.15) is 37.3 Å². The van der Waals surface area contributed by atoms with Crippen molar-refractivity contribution in [3.8, 4) is 11.1 Å². The first-order valence-electron chi connectivity index (χ1n) is 12.2. The highest BCUT2D eigenvalue weighted by Crippen LogP contribution is 2.36. The Labute approximate surface area is 226 Å². The molecule has 1 aliphatic rings. The average Bonchev–Trinajstić information content (AvgIpc) is 3.19. The maximum atomic E-state index is 14.0. The summed E-state index contributed by atoms with van der Waals surface area (Å²) in [7, 11) is -3.22. The number of nitrogens with one attached hydrogen (secondary N) is 2. The van der Waals surface area contributed by atoms with Crippen molar-refractivity contribution in [2.75, 3.05) is 23.0 Å². The van der Waals surface area contributed by atoms with Crippen LogP contribution in [0.15, 0.2) is 60.7 Å². The fourth-order valence-corrected chi connectivity index (χ4v) is 5.58. The zero-order chi connectivity index (χ0) is 27.6. The Bertz CT molecular complexity index is 1490. The summed E-state index contributed by atoms with van der Waals surface area (Å²) < 4.78 is 38.0. The van der Waals surface area contributed by atoms with E-state index in [-0.39, 0.29) is 28.3 Å². The minimum absolute atomic E-state index is 0.0389. The van der Waals surface area contributed by atoms with Crippen LogP contribution in [0, 0.1) is 5.82 Å². The lowest BCUT2D eigenvalue weighted by Gasteiger charge is -2.24. The first-order chi connectivity index (χ1) is 17.9. The molecule has 1 saturated heterocycles. The van der Waals surface area contributed by atoms with E-state index < -0.39 is 27.7 Å². The van der Waals surface area contributed by atoms with E-state index in [0.29, 0.717) is 18.5 Å². The quantitative estimate of drug-likeness (QED) is 0.387. The number of benzene rings is 3. The second kappa shape index (κ2) is 11.1. The third kappa shape index (κ3) is 6.34. The Hall–Kier alpha value is -3.43. The first-order valence-corrected chi connectivity index (χ1v) is 14.6. The van der Waals surface area contributed by atoms with E-state index in [2.05, 4.69) is 10.6 Å². The molecule has 0 saturated carbocycles. The third-order valence-electron chi connectivity index (χ3n) is 6.38. The lowest BCUT2D eigenvalue weighted by atomic mass is 9.93. The van der Waals surface area contributed by atoms with Gasteiger partial charge in [0.25, 0.3) is 0 Å². The number of halogens is 2. The number of nitrogens with zero attached hydrogens (tertiary/aromatic N) is 1. The van der Waals surface area contributed by atoms with E-state index in [1.807, 2.05) is 50.2 Å². The summed E-state index contributed by atoms with van der Waals surface area (Å²) in [5.41, 5.74) is 4.03. The van der Waals surface area contributed by atoms with Crippen LogP contribution in [-0.4, -0.2) is 39.2 Å². The fourth-order valence-electron chi connectivity index (χ4n) is 4.60. The van der Waals surface area contributed by atoms with E-state index in [1.165, 1.54) is 18.4 Å². The minimum Gasteiger partial charge on any atom is -0.326 e. The molecule has 0 radical (unpaired) electrons. The zero-order valence-corrected chi connectivity index (χ0v) is 22.9. The minimum atomic E-state index is -3.22. The van der Waals surface area contributed by atoms with Gasteiger partial charge < -0.3 is 15.5 Å². The maximum Gasteiger partial charge on any atom is 0.319 e. The van der Waals surface area contributed by atoms with E-state index in [1.54, 1.807) is 11.0 Å². The lowest BCUT2D eigenvalue weighted by molar-refractivity contribution is -0.118. The zero-order valence-electron chi connectivity index (χ0n) is 21.3. The number of hydrogen-bond acceptors (Lipinski definition) is 4. The van der Waals surface area contributed by atoms with Crippen LogP contribution in [0.5, 0.6) is 0 Å². The van der Waals surface area contributed by atoms with Gasteiger partial charge in [0.2, 0.25) is 5.91 Å². The number of carbonyl (C=O) groups excluding carboxylic acids is 2. The van der Waals surface area contributed by atoms with Gasteiger partial charge in [0.1, 0.15) is 11.9 Å². The number of sulfone groups is 1. The molecule has 0 aromatic heterocycles. The molecule has 7 nitrogen and oxygen atoms in total. The highest BCUT2D eigenvalue weighted by atomic mass is 35.5. The molecule has 2 N–H and O–H groups in total. The number of rotatable bonds is 7. The third-order valence-corrected chi connectivity index (χ3v) is 7.45. The predicted octanol–water partition coefficient (Wildman–Crippen LogP) is 5.74. The number of carbonyl (C=O) groups is 2. The summed E-state index contributed by atoms with van der Waals surface area (Å²) in [5.74, 6) is -0.930. The second-order valence-electron chi connectivity index (χ2n) is 9.71. The van der Waals surface area contributed by atoms with E-state index in [0.717, 1.165) is 28.4 Å². The van der Waals surface area contributed by atoms with Gasteiger partial charge in [-0.25, -0.2) is 17.6 Å². The van der Waals surface area contributed by atoms with E-state index in [4.69, 9.17) is 11.6 Å². The summed E-state index contributed by atoms with van der Waals surface area (Å²) >= 11 is 5.75. The second-order valence-corrected chi connectivity index (χ2v) is 12.3.